The normalized spacial score (nSPS) is 19.2. The van der Waals surface area contributed by atoms with E-state index in [-0.39, 0.29) is 0 Å². The molecule has 0 amide bonds. The number of nitrogens with one attached hydrogen (secondary N) is 2. The molecule has 3 aliphatic rings. The molecule has 1 spiro atoms. The number of carbonyl (C=O) groups is 1. The number of aliphatic imine (C=N–C) groups is 2. The van der Waals surface area contributed by atoms with Crippen molar-refractivity contribution in [3.05, 3.63) is 35.0 Å². The second-order valence-electron chi connectivity index (χ2n) is 11.4. The van der Waals surface area contributed by atoms with Gasteiger partial charge < -0.3 is 25.2 Å². The van der Waals surface area contributed by atoms with E-state index in [0.717, 1.165) is 23.3 Å². The number of hydrogen-bond donors (Lipinski definition) is 2. The van der Waals surface area contributed by atoms with Crippen molar-refractivity contribution in [2.24, 2.45) is 21.3 Å². The van der Waals surface area contributed by atoms with Crippen LogP contribution >= 0.6 is 11.6 Å². The summed E-state index contributed by atoms with van der Waals surface area (Å²) in [6.45, 7) is 16.1. The van der Waals surface area contributed by atoms with E-state index in [0.29, 0.717) is 28.8 Å². The summed E-state index contributed by atoms with van der Waals surface area (Å²) in [7, 11) is 9.93. The van der Waals surface area contributed by atoms with Crippen molar-refractivity contribution in [1.82, 2.24) is 15.1 Å². The van der Waals surface area contributed by atoms with Gasteiger partial charge in [-0.15, -0.1) is 0 Å². The van der Waals surface area contributed by atoms with Crippen LogP contribution < -0.4 is 15.4 Å². The highest BCUT2D eigenvalue weighted by atomic mass is 35.5. The lowest BCUT2D eigenvalue weighted by molar-refractivity contribution is 0.0349. The first-order chi connectivity index (χ1) is 21.4. The van der Waals surface area contributed by atoms with Gasteiger partial charge in [-0.1, -0.05) is 51.5 Å². The molecule has 0 bridgehead atoms. The lowest BCUT2D eigenvalue weighted by Crippen LogP contribution is -2.47. The van der Waals surface area contributed by atoms with Crippen LogP contribution in [0.25, 0.3) is 0 Å². The minimum absolute atomic E-state index is 0.359. The molecule has 1 saturated carbocycles. The molecule has 2 heterocycles. The fourth-order valence-electron chi connectivity index (χ4n) is 6.10. The predicted molar refractivity (Wildman–Crippen MR) is 191 cm³/mol. The molecule has 1 aliphatic carbocycles. The van der Waals surface area contributed by atoms with Crippen LogP contribution in [0.15, 0.2) is 39.4 Å². The fourth-order valence-corrected chi connectivity index (χ4v) is 6.32. The number of anilines is 1. The Bertz CT molecular complexity index is 997. The number of benzene rings is 1. The van der Waals surface area contributed by atoms with Crippen LogP contribution in [0.4, 0.5) is 5.69 Å². The Morgan fingerprint density at radius 2 is 1.73 bits per heavy atom. The molecule has 246 valence electrons. The zero-order valence-electron chi connectivity index (χ0n) is 28.3. The van der Waals surface area contributed by atoms with Crippen molar-refractivity contribution in [2.45, 2.75) is 78.5 Å². The number of hydrogen-bond acceptors (Lipinski definition) is 7. The molecule has 1 aromatic rings. The van der Waals surface area contributed by atoms with Crippen LogP contribution in [-0.2, 0) is 0 Å². The van der Waals surface area contributed by atoms with Gasteiger partial charge in [-0.05, 0) is 108 Å². The Balaban J connectivity index is 0.000000396. The molecule has 10 heteroatoms. The fraction of sp³-hybridized carbons (Fsp3) is 0.676. The standard InChI is InChI=1S/C17H32N2.C14H17ClN4O2.C2H6.CH3B/c1-18-11-7-17(8-12-18)9-13-19(14-10-17)15-16-5-3-2-4-6-16;1-16-7-11(15)14(17-2)19-9-18-12-5-4-10(8-20)6-13(12)21-3;2*1-2/h16H,2-15H2,1H3;4-8,18H,1,9H2,2-3H3,(H,17,19);1-2H3;1H3/b;11-7+;;. The van der Waals surface area contributed by atoms with Gasteiger partial charge in [-0.2, -0.15) is 0 Å². The van der Waals surface area contributed by atoms with Crippen molar-refractivity contribution in [3.8, 4) is 5.75 Å². The molecule has 4 rings (SSSR count). The van der Waals surface area contributed by atoms with Crippen molar-refractivity contribution in [2.75, 3.05) is 65.9 Å². The summed E-state index contributed by atoms with van der Waals surface area (Å²) in [6, 6.07) is 5.11. The summed E-state index contributed by atoms with van der Waals surface area (Å²) in [4.78, 5) is 23.6. The maximum atomic E-state index is 10.7. The molecule has 2 aliphatic heterocycles. The van der Waals surface area contributed by atoms with Crippen LogP contribution in [0.1, 0.15) is 82.0 Å². The molecule has 8 nitrogen and oxygen atoms in total. The zero-order valence-corrected chi connectivity index (χ0v) is 29.1. The van der Waals surface area contributed by atoms with E-state index in [1.807, 2.05) is 13.8 Å². The highest BCUT2D eigenvalue weighted by Crippen LogP contribution is 2.41. The number of carbonyl (C=O) groups excluding carboxylic acids is 1. The molecular formula is C34H58BClN6O2. The van der Waals surface area contributed by atoms with Gasteiger partial charge >= 0.3 is 0 Å². The third-order valence-corrected chi connectivity index (χ3v) is 9.03. The number of ether oxygens (including phenoxy) is 1. The summed E-state index contributed by atoms with van der Waals surface area (Å²) in [5.74, 6) is 2.09. The number of rotatable bonds is 9. The Labute approximate surface area is 274 Å². The molecule has 0 atom stereocenters. The van der Waals surface area contributed by atoms with Gasteiger partial charge in [0.1, 0.15) is 22.9 Å². The van der Waals surface area contributed by atoms with E-state index in [1.165, 1.54) is 111 Å². The van der Waals surface area contributed by atoms with E-state index in [4.69, 9.17) is 16.3 Å². The molecule has 2 saturated heterocycles. The van der Waals surface area contributed by atoms with E-state index in [2.05, 4.69) is 52.0 Å². The lowest BCUT2D eigenvalue weighted by Gasteiger charge is -2.47. The van der Waals surface area contributed by atoms with Crippen LogP contribution in [-0.4, -0.2) is 97.1 Å². The van der Waals surface area contributed by atoms with Crippen molar-refractivity contribution >= 4 is 44.0 Å². The Morgan fingerprint density at radius 3 is 2.27 bits per heavy atom. The third kappa shape index (κ3) is 13.7. The van der Waals surface area contributed by atoms with E-state index < -0.39 is 0 Å². The first-order valence-corrected chi connectivity index (χ1v) is 16.7. The third-order valence-electron chi connectivity index (χ3n) is 8.76. The summed E-state index contributed by atoms with van der Waals surface area (Å²) >= 11 is 5.97. The highest BCUT2D eigenvalue weighted by Gasteiger charge is 2.37. The Morgan fingerprint density at radius 1 is 1.11 bits per heavy atom. The number of likely N-dealkylation sites (tertiary alicyclic amines) is 2. The van der Waals surface area contributed by atoms with Crippen LogP contribution in [0, 0.1) is 11.3 Å². The molecule has 3 fully saturated rings. The zero-order chi connectivity index (χ0) is 32.8. The molecule has 0 aromatic heterocycles. The van der Waals surface area contributed by atoms with Gasteiger partial charge in [-0.25, -0.2) is 0 Å². The van der Waals surface area contributed by atoms with Crippen LogP contribution in [0.5, 0.6) is 5.75 Å². The minimum Gasteiger partial charge on any atom is -0.495 e. The van der Waals surface area contributed by atoms with E-state index in [1.54, 1.807) is 25.2 Å². The second-order valence-corrected chi connectivity index (χ2v) is 11.9. The van der Waals surface area contributed by atoms with Gasteiger partial charge in [0.05, 0.1) is 27.3 Å². The van der Waals surface area contributed by atoms with Gasteiger partial charge in [0.2, 0.25) is 0 Å². The number of nitrogens with zero attached hydrogens (tertiary/aromatic N) is 4. The Kier molecular flexibility index (Phi) is 20.8. The molecule has 44 heavy (non-hydrogen) atoms. The lowest BCUT2D eigenvalue weighted by atomic mass is 9.71. The van der Waals surface area contributed by atoms with Crippen molar-refractivity contribution < 1.29 is 9.53 Å². The SMILES string of the molecule is C=N/C=C(/Cl)C(=NC)NCNc1ccc(C=O)cc1OC.CC.CN1CCC2(CC1)CCN(CC1CCCCC1)CC2.[B]C. The topological polar surface area (TPSA) is 81.6 Å². The van der Waals surface area contributed by atoms with Gasteiger partial charge in [-0.3, -0.25) is 14.8 Å². The average Bonchev–Trinajstić information content (AvgIpc) is 3.08. The van der Waals surface area contributed by atoms with Crippen molar-refractivity contribution in [3.63, 3.8) is 0 Å². The monoisotopic (exact) mass is 628 g/mol. The largest absolute Gasteiger partial charge is 0.495 e. The summed E-state index contributed by atoms with van der Waals surface area (Å²) < 4.78 is 5.22. The quantitative estimate of drug-likeness (QED) is 0.102. The molecule has 2 radical (unpaired) electrons. The number of halogens is 1. The number of amidine groups is 1. The smallest absolute Gasteiger partial charge is 0.150 e. The van der Waals surface area contributed by atoms with Crippen LogP contribution in [0.2, 0.25) is 6.82 Å². The molecule has 1 aromatic carbocycles. The highest BCUT2D eigenvalue weighted by molar-refractivity contribution is 6.43. The molecule has 0 unspecified atom stereocenters. The maximum absolute atomic E-state index is 10.7. The van der Waals surface area contributed by atoms with Crippen molar-refractivity contribution in [1.29, 1.82) is 0 Å². The second kappa shape index (κ2) is 23.0. The average molecular weight is 629 g/mol. The van der Waals surface area contributed by atoms with Gasteiger partial charge in [0.15, 0.2) is 0 Å². The summed E-state index contributed by atoms with van der Waals surface area (Å²) in [5.41, 5.74) is 2.02. The minimum atomic E-state index is 0.359. The maximum Gasteiger partial charge on any atom is 0.150 e. The Hall–Kier alpha value is -2.36. The first-order valence-electron chi connectivity index (χ1n) is 16.3. The van der Waals surface area contributed by atoms with E-state index >= 15 is 0 Å². The van der Waals surface area contributed by atoms with Gasteiger partial charge in [0, 0.05) is 25.4 Å². The first kappa shape index (κ1) is 39.7. The predicted octanol–water partition coefficient (Wildman–Crippen LogP) is 6.88. The molecule has 2 N–H and O–H groups in total. The summed E-state index contributed by atoms with van der Waals surface area (Å²) in [6.07, 6.45) is 15.5. The van der Waals surface area contributed by atoms with Crippen LogP contribution in [0.3, 0.4) is 0 Å². The number of piperidine rings is 2. The number of aldehydes is 1. The number of methoxy groups -OCH3 is 1. The van der Waals surface area contributed by atoms with Gasteiger partial charge in [0.25, 0.3) is 0 Å². The molecular weight excluding hydrogens is 571 g/mol. The van der Waals surface area contributed by atoms with E-state index in [9.17, 15) is 4.79 Å². The summed E-state index contributed by atoms with van der Waals surface area (Å²) in [5, 5.41) is 6.48.